The summed E-state index contributed by atoms with van der Waals surface area (Å²) in [7, 11) is -0.540. The van der Waals surface area contributed by atoms with Crippen LogP contribution < -0.4 is 10.8 Å². The number of anilines is 1. The van der Waals surface area contributed by atoms with E-state index in [2.05, 4.69) is 10.3 Å². The molecule has 2 heterocycles. The molecule has 1 aromatic carbocycles. The van der Waals surface area contributed by atoms with Crippen molar-refractivity contribution in [2.24, 2.45) is 0 Å². The summed E-state index contributed by atoms with van der Waals surface area (Å²) in [5.41, 5.74) is 2.08. The lowest BCUT2D eigenvalue weighted by atomic mass is 9.76. The zero-order valence-electron chi connectivity index (χ0n) is 18.1. The number of benzene rings is 1. The molecule has 1 amide bonds. The summed E-state index contributed by atoms with van der Waals surface area (Å²) in [6.07, 6.45) is 1.09. The monoisotopic (exact) mass is 398 g/mol. The SMILES string of the molecule is Cc1ccc(NC(=O)c2cc(C(C)C)ncc2F)cc1B1OC(C)(C)C(C)(C)O1. The molecule has 2 aromatic rings. The molecule has 0 atom stereocenters. The van der Waals surface area contributed by atoms with Gasteiger partial charge in [-0.1, -0.05) is 25.5 Å². The van der Waals surface area contributed by atoms with Crippen molar-refractivity contribution >= 4 is 24.2 Å². The van der Waals surface area contributed by atoms with Gasteiger partial charge in [0.05, 0.1) is 23.0 Å². The summed E-state index contributed by atoms with van der Waals surface area (Å²) in [5.74, 6) is -1.07. The van der Waals surface area contributed by atoms with E-state index in [0.29, 0.717) is 11.4 Å². The third-order valence-electron chi connectivity index (χ3n) is 5.76. The first-order chi connectivity index (χ1) is 13.4. The minimum atomic E-state index is -0.648. The predicted octanol–water partition coefficient (Wildman–Crippen LogP) is 4.20. The molecule has 3 rings (SSSR count). The van der Waals surface area contributed by atoms with Gasteiger partial charge in [-0.15, -0.1) is 0 Å². The molecule has 1 aromatic heterocycles. The highest BCUT2D eigenvalue weighted by molar-refractivity contribution is 6.62. The number of aromatic nitrogens is 1. The largest absolute Gasteiger partial charge is 0.495 e. The molecule has 0 unspecified atom stereocenters. The van der Waals surface area contributed by atoms with Crippen LogP contribution in [0.3, 0.4) is 0 Å². The Hall–Kier alpha value is -2.25. The highest BCUT2D eigenvalue weighted by atomic mass is 19.1. The molecule has 1 saturated heterocycles. The van der Waals surface area contributed by atoms with Crippen LogP contribution in [0, 0.1) is 12.7 Å². The third kappa shape index (κ3) is 4.21. The number of carbonyl (C=O) groups is 1. The van der Waals surface area contributed by atoms with E-state index in [1.807, 2.05) is 60.6 Å². The highest BCUT2D eigenvalue weighted by Crippen LogP contribution is 2.36. The second-order valence-corrected chi connectivity index (χ2v) is 8.86. The van der Waals surface area contributed by atoms with Gasteiger partial charge >= 0.3 is 7.12 Å². The van der Waals surface area contributed by atoms with E-state index in [0.717, 1.165) is 17.2 Å². The second-order valence-electron chi connectivity index (χ2n) is 8.86. The average molecular weight is 398 g/mol. The first kappa shape index (κ1) is 21.5. The Morgan fingerprint density at radius 2 is 1.76 bits per heavy atom. The van der Waals surface area contributed by atoms with E-state index in [-0.39, 0.29) is 11.5 Å². The molecule has 7 heteroatoms. The van der Waals surface area contributed by atoms with Gasteiger partial charge < -0.3 is 14.6 Å². The van der Waals surface area contributed by atoms with Gasteiger partial charge in [0.2, 0.25) is 0 Å². The minimum absolute atomic E-state index is 0.0264. The first-order valence-corrected chi connectivity index (χ1v) is 9.84. The Labute approximate surface area is 172 Å². The van der Waals surface area contributed by atoms with Crippen LogP contribution in [0.15, 0.2) is 30.5 Å². The highest BCUT2D eigenvalue weighted by Gasteiger charge is 2.52. The van der Waals surface area contributed by atoms with Crippen molar-refractivity contribution in [1.82, 2.24) is 4.98 Å². The van der Waals surface area contributed by atoms with Crippen molar-refractivity contribution < 1.29 is 18.5 Å². The normalized spacial score (nSPS) is 17.6. The Balaban J connectivity index is 1.86. The molecular weight excluding hydrogens is 370 g/mol. The van der Waals surface area contributed by atoms with E-state index in [4.69, 9.17) is 9.31 Å². The lowest BCUT2D eigenvalue weighted by molar-refractivity contribution is 0.00578. The first-order valence-electron chi connectivity index (χ1n) is 9.84. The maximum atomic E-state index is 14.2. The molecule has 154 valence electrons. The summed E-state index contributed by atoms with van der Waals surface area (Å²) < 4.78 is 26.4. The topological polar surface area (TPSA) is 60.5 Å². The zero-order valence-corrected chi connectivity index (χ0v) is 18.1. The van der Waals surface area contributed by atoms with Crippen LogP contribution in [0.4, 0.5) is 10.1 Å². The number of hydrogen-bond donors (Lipinski definition) is 1. The standard InChI is InChI=1S/C22H28BFN2O3/c1-13(2)19-11-16(18(24)12-25-19)20(27)26-15-9-8-14(3)17(10-15)23-28-21(4,5)22(6,7)29-23/h8-13H,1-7H3,(H,26,27). The molecule has 1 N–H and O–H groups in total. The van der Waals surface area contributed by atoms with Crippen molar-refractivity contribution in [2.45, 2.75) is 65.6 Å². The minimum Gasteiger partial charge on any atom is -0.399 e. The number of nitrogens with one attached hydrogen (secondary N) is 1. The molecule has 29 heavy (non-hydrogen) atoms. The van der Waals surface area contributed by atoms with Crippen molar-refractivity contribution in [3.8, 4) is 0 Å². The number of pyridine rings is 1. The molecule has 0 saturated carbocycles. The Bertz CT molecular complexity index is 928. The summed E-state index contributed by atoms with van der Waals surface area (Å²) in [4.78, 5) is 16.7. The fraction of sp³-hybridized carbons (Fsp3) is 0.455. The van der Waals surface area contributed by atoms with Crippen LogP contribution >= 0.6 is 0 Å². The lowest BCUT2D eigenvalue weighted by Crippen LogP contribution is -2.41. The van der Waals surface area contributed by atoms with Crippen molar-refractivity contribution in [1.29, 1.82) is 0 Å². The fourth-order valence-corrected chi connectivity index (χ4v) is 3.09. The number of halogens is 1. The fourth-order valence-electron chi connectivity index (χ4n) is 3.09. The summed E-state index contributed by atoms with van der Waals surface area (Å²) in [6.45, 7) is 13.8. The van der Waals surface area contributed by atoms with E-state index in [1.54, 1.807) is 6.07 Å². The van der Waals surface area contributed by atoms with Gasteiger partial charge in [0.15, 0.2) is 5.82 Å². The number of carbonyl (C=O) groups excluding carboxylic acids is 1. The molecule has 1 fully saturated rings. The molecule has 0 spiro atoms. The van der Waals surface area contributed by atoms with Gasteiger partial charge in [-0.25, -0.2) is 4.39 Å². The van der Waals surface area contributed by atoms with Gasteiger partial charge in [0, 0.05) is 11.4 Å². The molecule has 1 aliphatic heterocycles. The Morgan fingerprint density at radius 3 is 2.34 bits per heavy atom. The predicted molar refractivity (Wildman–Crippen MR) is 113 cm³/mol. The molecular formula is C22H28BFN2O3. The second kappa shape index (κ2) is 7.54. The van der Waals surface area contributed by atoms with Crippen LogP contribution in [0.5, 0.6) is 0 Å². The van der Waals surface area contributed by atoms with Crippen LogP contribution in [-0.4, -0.2) is 29.2 Å². The van der Waals surface area contributed by atoms with Crippen LogP contribution in [0.2, 0.25) is 0 Å². The van der Waals surface area contributed by atoms with Crippen LogP contribution in [0.1, 0.15) is 69.1 Å². The van der Waals surface area contributed by atoms with E-state index < -0.39 is 30.0 Å². The Kier molecular flexibility index (Phi) is 5.58. The molecule has 0 aliphatic carbocycles. The number of amides is 1. The van der Waals surface area contributed by atoms with Crippen LogP contribution in [0.25, 0.3) is 0 Å². The van der Waals surface area contributed by atoms with E-state index >= 15 is 0 Å². The van der Waals surface area contributed by atoms with E-state index in [9.17, 15) is 9.18 Å². The number of rotatable bonds is 4. The van der Waals surface area contributed by atoms with Gasteiger partial charge in [-0.05, 0) is 64.2 Å². The van der Waals surface area contributed by atoms with Crippen molar-refractivity contribution in [2.75, 3.05) is 5.32 Å². The number of aryl methyl sites for hydroxylation is 1. The van der Waals surface area contributed by atoms with Gasteiger partial charge in [-0.2, -0.15) is 0 Å². The maximum Gasteiger partial charge on any atom is 0.495 e. The lowest BCUT2D eigenvalue weighted by Gasteiger charge is -2.32. The van der Waals surface area contributed by atoms with Crippen molar-refractivity contribution in [3.05, 3.63) is 53.1 Å². The summed E-state index contributed by atoms with van der Waals surface area (Å²) >= 11 is 0. The third-order valence-corrected chi connectivity index (χ3v) is 5.76. The summed E-state index contributed by atoms with van der Waals surface area (Å²) in [6, 6.07) is 6.99. The molecule has 0 radical (unpaired) electrons. The average Bonchev–Trinajstić information content (AvgIpc) is 2.84. The van der Waals surface area contributed by atoms with Crippen LogP contribution in [-0.2, 0) is 9.31 Å². The summed E-state index contributed by atoms with van der Waals surface area (Å²) in [5, 5.41) is 2.78. The number of nitrogens with zero attached hydrogens (tertiary/aromatic N) is 1. The Morgan fingerprint density at radius 1 is 1.14 bits per heavy atom. The van der Waals surface area contributed by atoms with Gasteiger partial charge in [0.25, 0.3) is 5.91 Å². The molecule has 1 aliphatic rings. The molecule has 0 bridgehead atoms. The maximum absolute atomic E-state index is 14.2. The smallest absolute Gasteiger partial charge is 0.399 e. The zero-order chi connectivity index (χ0) is 21.6. The van der Waals surface area contributed by atoms with E-state index in [1.165, 1.54) is 6.07 Å². The quantitative estimate of drug-likeness (QED) is 0.785. The van der Waals surface area contributed by atoms with Gasteiger partial charge in [0.1, 0.15) is 0 Å². The van der Waals surface area contributed by atoms with Crippen molar-refractivity contribution in [3.63, 3.8) is 0 Å². The molecule has 5 nitrogen and oxygen atoms in total. The van der Waals surface area contributed by atoms with Gasteiger partial charge in [-0.3, -0.25) is 9.78 Å². The number of hydrogen-bond acceptors (Lipinski definition) is 4.